The lowest BCUT2D eigenvalue weighted by atomic mass is 10.0. The minimum atomic E-state index is -2.58. The molecular weight excluding hydrogens is 216 g/mol. The third-order valence-electron chi connectivity index (χ3n) is 2.31. The molecule has 0 saturated heterocycles. The molecule has 1 rings (SSSR count). The number of ether oxygens (including phenoxy) is 2. The minimum absolute atomic E-state index is 0.118. The highest BCUT2D eigenvalue weighted by Gasteiger charge is 2.19. The fourth-order valence-corrected chi connectivity index (χ4v) is 1.49. The molecule has 0 radical (unpaired) electrons. The van der Waals surface area contributed by atoms with E-state index in [1.54, 1.807) is 6.92 Å². The van der Waals surface area contributed by atoms with Crippen molar-refractivity contribution in [3.05, 3.63) is 23.3 Å². The molecule has 0 heterocycles. The van der Waals surface area contributed by atoms with Gasteiger partial charge in [0, 0.05) is 11.6 Å². The molecule has 5 heteroatoms. The molecule has 0 amide bonds. The molecular formula is C11H15F2NO2. The molecule has 1 atom stereocenters. The number of halogens is 2. The average molecular weight is 231 g/mol. The third kappa shape index (κ3) is 2.41. The molecule has 1 unspecified atom stereocenters. The molecule has 1 aromatic rings. The van der Waals surface area contributed by atoms with E-state index in [0.29, 0.717) is 11.3 Å². The lowest BCUT2D eigenvalue weighted by molar-refractivity contribution is 0.149. The van der Waals surface area contributed by atoms with Crippen molar-refractivity contribution in [2.24, 2.45) is 5.73 Å². The van der Waals surface area contributed by atoms with Crippen molar-refractivity contribution in [1.82, 2.24) is 0 Å². The number of methoxy groups -OCH3 is 2. The summed E-state index contributed by atoms with van der Waals surface area (Å²) in [6.45, 7) is 1.65. The Morgan fingerprint density at radius 1 is 1.06 bits per heavy atom. The number of rotatable bonds is 4. The first-order valence-corrected chi connectivity index (χ1v) is 4.80. The standard InChI is InChI=1S/C11H15F2NO2/c1-6(14)7-4-9(15-2)10(16-3)5-8(7)11(12)13/h4-6,11H,14H2,1-3H3. The first-order valence-electron chi connectivity index (χ1n) is 4.80. The monoisotopic (exact) mass is 231 g/mol. The van der Waals surface area contributed by atoms with Gasteiger partial charge in [0.2, 0.25) is 0 Å². The van der Waals surface area contributed by atoms with E-state index in [1.807, 2.05) is 0 Å². The minimum Gasteiger partial charge on any atom is -0.493 e. The Balaban J connectivity index is 3.35. The lowest BCUT2D eigenvalue weighted by Crippen LogP contribution is -2.09. The molecule has 3 nitrogen and oxygen atoms in total. The number of hydrogen-bond acceptors (Lipinski definition) is 3. The summed E-state index contributed by atoms with van der Waals surface area (Å²) in [5, 5.41) is 0. The van der Waals surface area contributed by atoms with Gasteiger partial charge in [0.15, 0.2) is 11.5 Å². The highest BCUT2D eigenvalue weighted by Crippen LogP contribution is 2.36. The van der Waals surface area contributed by atoms with Crippen molar-refractivity contribution in [2.75, 3.05) is 14.2 Å². The Kier molecular flexibility index (Phi) is 4.06. The van der Waals surface area contributed by atoms with Gasteiger partial charge in [0.25, 0.3) is 6.43 Å². The Labute approximate surface area is 93.2 Å². The molecule has 0 aliphatic carbocycles. The van der Waals surface area contributed by atoms with Crippen LogP contribution in [0.1, 0.15) is 30.5 Å². The van der Waals surface area contributed by atoms with Gasteiger partial charge in [-0.3, -0.25) is 0 Å². The van der Waals surface area contributed by atoms with Crippen LogP contribution in [0.5, 0.6) is 11.5 Å². The summed E-state index contributed by atoms with van der Waals surface area (Å²) in [6, 6.07) is 2.27. The van der Waals surface area contributed by atoms with Crippen molar-refractivity contribution >= 4 is 0 Å². The third-order valence-corrected chi connectivity index (χ3v) is 2.31. The Morgan fingerprint density at radius 3 is 1.81 bits per heavy atom. The summed E-state index contributed by atoms with van der Waals surface area (Å²) in [6.07, 6.45) is -2.58. The first-order chi connectivity index (χ1) is 7.51. The fraction of sp³-hybridized carbons (Fsp3) is 0.455. The summed E-state index contributed by atoms with van der Waals surface area (Å²) in [7, 11) is 2.85. The van der Waals surface area contributed by atoms with Gasteiger partial charge in [-0.05, 0) is 24.6 Å². The predicted octanol–water partition coefficient (Wildman–Crippen LogP) is 2.66. The molecule has 0 aliphatic heterocycles. The zero-order valence-electron chi connectivity index (χ0n) is 9.46. The van der Waals surface area contributed by atoms with E-state index in [1.165, 1.54) is 26.4 Å². The number of nitrogens with two attached hydrogens (primary N) is 1. The average Bonchev–Trinajstić information content (AvgIpc) is 2.26. The molecule has 0 spiro atoms. The zero-order valence-corrected chi connectivity index (χ0v) is 9.46. The van der Waals surface area contributed by atoms with Crippen LogP contribution in [0.4, 0.5) is 8.78 Å². The van der Waals surface area contributed by atoms with Crippen molar-refractivity contribution in [3.63, 3.8) is 0 Å². The highest BCUT2D eigenvalue weighted by molar-refractivity contribution is 5.48. The number of benzene rings is 1. The smallest absolute Gasteiger partial charge is 0.264 e. The van der Waals surface area contributed by atoms with Crippen LogP contribution < -0.4 is 15.2 Å². The summed E-state index contributed by atoms with van der Waals surface area (Å²) in [5.41, 5.74) is 5.89. The Hall–Kier alpha value is -1.36. The van der Waals surface area contributed by atoms with E-state index in [9.17, 15) is 8.78 Å². The maximum Gasteiger partial charge on any atom is 0.264 e. The largest absolute Gasteiger partial charge is 0.493 e. The number of hydrogen-bond donors (Lipinski definition) is 1. The van der Waals surface area contributed by atoms with Crippen LogP contribution in [0.25, 0.3) is 0 Å². The van der Waals surface area contributed by atoms with Gasteiger partial charge in [-0.2, -0.15) is 0 Å². The van der Waals surface area contributed by atoms with E-state index in [2.05, 4.69) is 0 Å². The molecule has 0 aliphatic rings. The van der Waals surface area contributed by atoms with Crippen LogP contribution in [-0.4, -0.2) is 14.2 Å². The maximum absolute atomic E-state index is 12.8. The predicted molar refractivity (Wildman–Crippen MR) is 57.1 cm³/mol. The van der Waals surface area contributed by atoms with Gasteiger partial charge in [0.05, 0.1) is 14.2 Å². The van der Waals surface area contributed by atoms with Gasteiger partial charge in [-0.25, -0.2) is 8.78 Å². The molecule has 16 heavy (non-hydrogen) atoms. The van der Waals surface area contributed by atoms with Crippen molar-refractivity contribution in [1.29, 1.82) is 0 Å². The van der Waals surface area contributed by atoms with Gasteiger partial charge in [0.1, 0.15) is 0 Å². The Bertz CT molecular complexity index is 332. The van der Waals surface area contributed by atoms with Crippen LogP contribution in [0, 0.1) is 0 Å². The fourth-order valence-electron chi connectivity index (χ4n) is 1.49. The van der Waals surface area contributed by atoms with Gasteiger partial charge < -0.3 is 15.2 Å². The van der Waals surface area contributed by atoms with E-state index in [4.69, 9.17) is 15.2 Å². The van der Waals surface area contributed by atoms with Crippen molar-refractivity contribution < 1.29 is 18.3 Å². The van der Waals surface area contributed by atoms with E-state index in [0.717, 1.165) is 0 Å². The first kappa shape index (κ1) is 12.7. The van der Waals surface area contributed by atoms with Gasteiger partial charge >= 0.3 is 0 Å². The van der Waals surface area contributed by atoms with E-state index >= 15 is 0 Å². The summed E-state index contributed by atoms with van der Waals surface area (Å²) >= 11 is 0. The number of alkyl halides is 2. The molecule has 1 aromatic carbocycles. The second-order valence-electron chi connectivity index (χ2n) is 3.43. The van der Waals surface area contributed by atoms with Gasteiger partial charge in [-0.1, -0.05) is 0 Å². The Morgan fingerprint density at radius 2 is 1.50 bits per heavy atom. The van der Waals surface area contributed by atoms with E-state index in [-0.39, 0.29) is 11.3 Å². The SMILES string of the molecule is COc1cc(C(C)N)c(C(F)F)cc1OC. The van der Waals surface area contributed by atoms with Crippen LogP contribution >= 0.6 is 0 Å². The van der Waals surface area contributed by atoms with Crippen LogP contribution in [0.3, 0.4) is 0 Å². The quantitative estimate of drug-likeness (QED) is 0.866. The molecule has 90 valence electrons. The van der Waals surface area contributed by atoms with Gasteiger partial charge in [-0.15, -0.1) is 0 Å². The van der Waals surface area contributed by atoms with Crippen molar-refractivity contribution in [3.8, 4) is 11.5 Å². The van der Waals surface area contributed by atoms with Crippen LogP contribution in [0.15, 0.2) is 12.1 Å². The summed E-state index contributed by atoms with van der Waals surface area (Å²) in [4.78, 5) is 0. The normalized spacial score (nSPS) is 12.7. The van der Waals surface area contributed by atoms with Crippen LogP contribution in [-0.2, 0) is 0 Å². The maximum atomic E-state index is 12.8. The highest BCUT2D eigenvalue weighted by atomic mass is 19.3. The second-order valence-corrected chi connectivity index (χ2v) is 3.43. The lowest BCUT2D eigenvalue weighted by Gasteiger charge is -2.16. The summed E-state index contributed by atoms with van der Waals surface area (Å²) in [5.74, 6) is 0.682. The summed E-state index contributed by atoms with van der Waals surface area (Å²) < 4.78 is 35.6. The van der Waals surface area contributed by atoms with Crippen molar-refractivity contribution in [2.45, 2.75) is 19.4 Å². The molecule has 0 aromatic heterocycles. The second kappa shape index (κ2) is 5.12. The molecule has 0 bridgehead atoms. The van der Waals surface area contributed by atoms with Crippen LogP contribution in [0.2, 0.25) is 0 Å². The zero-order chi connectivity index (χ0) is 12.3. The molecule has 0 fully saturated rings. The topological polar surface area (TPSA) is 44.5 Å². The molecule has 0 saturated carbocycles. The molecule has 2 N–H and O–H groups in total. The van der Waals surface area contributed by atoms with E-state index < -0.39 is 12.5 Å².